The third-order valence-electron chi connectivity index (χ3n) is 4.09. The second-order valence-electron chi connectivity index (χ2n) is 6.62. The first-order valence-electron chi connectivity index (χ1n) is 10.0. The molecule has 0 unspecified atom stereocenters. The number of hydrogen-bond acceptors (Lipinski definition) is 3. The average Bonchev–Trinajstić information content (AvgIpc) is 2.56. The Morgan fingerprint density at radius 1 is 0.760 bits per heavy atom. The molecule has 0 aromatic carbocycles. The molecule has 4 nitrogen and oxygen atoms in total. The Hall–Kier alpha value is -0.650. The summed E-state index contributed by atoms with van der Waals surface area (Å²) in [6, 6.07) is 0. The third-order valence-corrected chi connectivity index (χ3v) is 4.81. The highest BCUT2D eigenvalue weighted by atomic mass is 32.2. The van der Waals surface area contributed by atoms with Crippen LogP contribution in [0.1, 0.15) is 84.0 Å². The number of hydrogen-bond donors (Lipinski definition) is 2. The number of allylic oxidation sites excluding steroid dienone is 4. The van der Waals surface area contributed by atoms with E-state index >= 15 is 0 Å². The topological polar surface area (TPSA) is 66.4 Å². The molecular weight excluding hydrogens is 334 g/mol. The zero-order chi connectivity index (χ0) is 18.6. The maximum Gasteiger partial charge on any atom is 0.266 e. The monoisotopic (exact) mass is 373 g/mol. The molecule has 0 fully saturated rings. The summed E-state index contributed by atoms with van der Waals surface area (Å²) in [6.45, 7) is 3.39. The van der Waals surface area contributed by atoms with Gasteiger partial charge in [-0.1, -0.05) is 69.8 Å². The maximum absolute atomic E-state index is 10.5. The van der Waals surface area contributed by atoms with Crippen LogP contribution in [0.2, 0.25) is 0 Å². The first-order valence-corrected chi connectivity index (χ1v) is 11.6. The summed E-state index contributed by atoms with van der Waals surface area (Å²) >= 11 is 0. The SMILES string of the molecule is CCCCC/C=C\C/C=C\CCCCCCCCNCCS(=O)(=O)O. The van der Waals surface area contributed by atoms with Crippen molar-refractivity contribution in [3.05, 3.63) is 24.3 Å². The Labute approximate surface area is 155 Å². The van der Waals surface area contributed by atoms with Gasteiger partial charge in [0.15, 0.2) is 0 Å². The molecule has 0 bridgehead atoms. The van der Waals surface area contributed by atoms with Crippen LogP contribution in [0.5, 0.6) is 0 Å². The van der Waals surface area contributed by atoms with E-state index in [4.69, 9.17) is 4.55 Å². The average molecular weight is 374 g/mol. The summed E-state index contributed by atoms with van der Waals surface area (Å²) in [5.41, 5.74) is 0. The molecule has 0 saturated carbocycles. The summed E-state index contributed by atoms with van der Waals surface area (Å²) in [5, 5.41) is 3.04. The van der Waals surface area contributed by atoms with Crippen molar-refractivity contribution in [1.29, 1.82) is 0 Å². The van der Waals surface area contributed by atoms with Crippen LogP contribution in [0.4, 0.5) is 0 Å². The van der Waals surface area contributed by atoms with E-state index in [1.807, 2.05) is 0 Å². The molecule has 0 amide bonds. The predicted octanol–water partition coefficient (Wildman–Crippen LogP) is 5.28. The van der Waals surface area contributed by atoms with E-state index in [0.717, 1.165) is 19.4 Å². The van der Waals surface area contributed by atoms with Crippen LogP contribution >= 0.6 is 0 Å². The van der Waals surface area contributed by atoms with Crippen molar-refractivity contribution in [3.63, 3.8) is 0 Å². The second kappa shape index (κ2) is 18.2. The van der Waals surface area contributed by atoms with Gasteiger partial charge in [0.2, 0.25) is 0 Å². The zero-order valence-electron chi connectivity index (χ0n) is 16.1. The summed E-state index contributed by atoms with van der Waals surface area (Å²) in [7, 11) is -3.82. The van der Waals surface area contributed by atoms with Crippen molar-refractivity contribution in [1.82, 2.24) is 5.32 Å². The highest BCUT2D eigenvalue weighted by Gasteiger charge is 2.02. The lowest BCUT2D eigenvalue weighted by atomic mass is 10.1. The van der Waals surface area contributed by atoms with Crippen LogP contribution in [-0.4, -0.2) is 31.8 Å². The van der Waals surface area contributed by atoms with E-state index in [2.05, 4.69) is 36.5 Å². The standard InChI is InChI=1S/C20H39NO3S/c1-2-3-4-5-6-7-8-9-10-11-12-13-14-15-16-17-18-21-19-20-25(22,23)24/h6-7,9-10,21H,2-5,8,11-20H2,1H3,(H,22,23,24)/b7-6-,10-9-. The van der Waals surface area contributed by atoms with Gasteiger partial charge in [0, 0.05) is 6.54 Å². The largest absolute Gasteiger partial charge is 0.316 e. The molecule has 0 aliphatic heterocycles. The lowest BCUT2D eigenvalue weighted by Crippen LogP contribution is -2.23. The van der Waals surface area contributed by atoms with Gasteiger partial charge < -0.3 is 5.32 Å². The molecule has 148 valence electrons. The Kier molecular flexibility index (Phi) is 17.7. The van der Waals surface area contributed by atoms with Gasteiger partial charge in [-0.2, -0.15) is 8.42 Å². The first kappa shape index (κ1) is 24.4. The van der Waals surface area contributed by atoms with Crippen LogP contribution in [0.15, 0.2) is 24.3 Å². The van der Waals surface area contributed by atoms with Gasteiger partial charge in [-0.25, -0.2) is 0 Å². The van der Waals surface area contributed by atoms with Crippen LogP contribution in [0.3, 0.4) is 0 Å². The van der Waals surface area contributed by atoms with Crippen molar-refractivity contribution < 1.29 is 13.0 Å². The van der Waals surface area contributed by atoms with Crippen LogP contribution in [0.25, 0.3) is 0 Å². The van der Waals surface area contributed by atoms with E-state index in [1.54, 1.807) is 0 Å². The van der Waals surface area contributed by atoms with E-state index in [1.165, 1.54) is 64.2 Å². The smallest absolute Gasteiger partial charge is 0.266 e. The molecule has 0 aliphatic rings. The van der Waals surface area contributed by atoms with Crippen LogP contribution in [0, 0.1) is 0 Å². The van der Waals surface area contributed by atoms with E-state index in [0.29, 0.717) is 6.54 Å². The predicted molar refractivity (Wildman–Crippen MR) is 109 cm³/mol. The lowest BCUT2D eigenvalue weighted by molar-refractivity contribution is 0.479. The van der Waals surface area contributed by atoms with E-state index in [-0.39, 0.29) is 5.75 Å². The molecule has 0 aromatic rings. The van der Waals surface area contributed by atoms with Gasteiger partial charge in [0.05, 0.1) is 5.75 Å². The minimum absolute atomic E-state index is 0.199. The van der Waals surface area contributed by atoms with Crippen molar-refractivity contribution in [2.24, 2.45) is 0 Å². The molecule has 0 aliphatic carbocycles. The molecule has 25 heavy (non-hydrogen) atoms. The van der Waals surface area contributed by atoms with Crippen LogP contribution < -0.4 is 5.32 Å². The van der Waals surface area contributed by atoms with E-state index < -0.39 is 10.1 Å². The van der Waals surface area contributed by atoms with Crippen LogP contribution in [-0.2, 0) is 10.1 Å². The third kappa shape index (κ3) is 23.4. The fourth-order valence-corrected chi connectivity index (χ4v) is 2.97. The van der Waals surface area contributed by atoms with E-state index in [9.17, 15) is 8.42 Å². The zero-order valence-corrected chi connectivity index (χ0v) is 16.9. The summed E-state index contributed by atoms with van der Waals surface area (Å²) < 4.78 is 29.6. The molecule has 0 radical (unpaired) electrons. The Morgan fingerprint density at radius 2 is 1.32 bits per heavy atom. The van der Waals surface area contributed by atoms with Crippen molar-refractivity contribution in [3.8, 4) is 0 Å². The molecule has 0 spiro atoms. The summed E-state index contributed by atoms with van der Waals surface area (Å²) in [6.07, 6.45) is 23.9. The molecular formula is C20H39NO3S. The van der Waals surface area contributed by atoms with Crippen molar-refractivity contribution >= 4 is 10.1 Å². The Balaban J connectivity index is 3.19. The fourth-order valence-electron chi connectivity index (χ4n) is 2.56. The minimum atomic E-state index is -3.82. The first-order chi connectivity index (χ1) is 12.1. The minimum Gasteiger partial charge on any atom is -0.316 e. The Morgan fingerprint density at radius 3 is 1.92 bits per heavy atom. The molecule has 2 N–H and O–H groups in total. The highest BCUT2D eigenvalue weighted by Crippen LogP contribution is 2.07. The van der Waals surface area contributed by atoms with Crippen molar-refractivity contribution in [2.75, 3.05) is 18.8 Å². The van der Waals surface area contributed by atoms with Gasteiger partial charge >= 0.3 is 0 Å². The van der Waals surface area contributed by atoms with Gasteiger partial charge in [0.25, 0.3) is 10.1 Å². The summed E-state index contributed by atoms with van der Waals surface area (Å²) in [4.78, 5) is 0. The molecule has 0 rings (SSSR count). The molecule has 5 heteroatoms. The molecule has 0 atom stereocenters. The quantitative estimate of drug-likeness (QED) is 0.195. The van der Waals surface area contributed by atoms with Gasteiger partial charge in [-0.15, -0.1) is 0 Å². The van der Waals surface area contributed by atoms with Gasteiger partial charge in [-0.3, -0.25) is 4.55 Å². The lowest BCUT2D eigenvalue weighted by Gasteiger charge is -2.03. The molecule has 0 aromatic heterocycles. The maximum atomic E-state index is 10.5. The normalized spacial score (nSPS) is 12.6. The Bertz CT molecular complexity index is 430. The van der Waals surface area contributed by atoms with Gasteiger partial charge in [0.1, 0.15) is 0 Å². The second-order valence-corrected chi connectivity index (χ2v) is 8.19. The fraction of sp³-hybridized carbons (Fsp3) is 0.800. The molecule has 0 heterocycles. The van der Waals surface area contributed by atoms with Crippen molar-refractivity contribution in [2.45, 2.75) is 84.0 Å². The summed E-state index contributed by atoms with van der Waals surface area (Å²) in [5.74, 6) is -0.199. The number of rotatable bonds is 18. The highest BCUT2D eigenvalue weighted by molar-refractivity contribution is 7.85. The number of nitrogens with one attached hydrogen (secondary N) is 1. The van der Waals surface area contributed by atoms with Gasteiger partial charge in [-0.05, 0) is 45.1 Å². The molecule has 0 saturated heterocycles. The number of unbranched alkanes of at least 4 members (excludes halogenated alkanes) is 9.